The van der Waals surface area contributed by atoms with Crippen molar-refractivity contribution in [1.82, 2.24) is 0 Å². The monoisotopic (exact) mass is 350 g/mol. The molecule has 0 unspecified atom stereocenters. The molecule has 2 N–H and O–H groups in total. The molecule has 0 amide bonds. The van der Waals surface area contributed by atoms with E-state index in [1.54, 1.807) is 24.3 Å². The molecule has 0 bridgehead atoms. The first-order chi connectivity index (χ1) is 12.5. The topological polar surface area (TPSA) is 101 Å². The van der Waals surface area contributed by atoms with E-state index >= 15 is 0 Å². The van der Waals surface area contributed by atoms with Gasteiger partial charge in [0.05, 0.1) is 23.7 Å². The Morgan fingerprint density at radius 2 is 1.23 bits per heavy atom. The highest BCUT2D eigenvalue weighted by atomic mass is 16.3. The lowest BCUT2D eigenvalue weighted by Crippen LogP contribution is -2.01. The lowest BCUT2D eigenvalue weighted by Gasteiger charge is -2.06. The number of phenols is 2. The first kappa shape index (κ1) is 17.0. The Balaban J connectivity index is 1.86. The lowest BCUT2D eigenvalue weighted by molar-refractivity contribution is 0.104. The minimum Gasteiger partial charge on any atom is -0.507 e. The Kier molecular flexibility index (Phi) is 4.85. The van der Waals surface area contributed by atoms with Gasteiger partial charge in [0.15, 0.2) is 11.6 Å². The van der Waals surface area contributed by atoms with Gasteiger partial charge in [0.1, 0.15) is 23.0 Å². The summed E-state index contributed by atoms with van der Waals surface area (Å²) in [5, 5.41) is 19.8. The van der Waals surface area contributed by atoms with Crippen LogP contribution < -0.4 is 0 Å². The molecule has 2 heterocycles. The van der Waals surface area contributed by atoms with Crippen LogP contribution in [0.2, 0.25) is 0 Å². The standard InChI is InChI=1S/C20H14O6/c21-17(7-5-13-3-1-9-25-13)15-11-16(20(24)12-19(15)23)18(22)8-6-14-4-2-10-26-14/h1-12,23-24H. The number of carbonyl (C=O) groups excluding carboxylic acids is 2. The van der Waals surface area contributed by atoms with Crippen molar-refractivity contribution in [2.75, 3.05) is 0 Å². The normalized spacial score (nSPS) is 11.4. The number of furan rings is 2. The van der Waals surface area contributed by atoms with Crippen LogP contribution in [0.3, 0.4) is 0 Å². The number of benzene rings is 1. The molecule has 3 rings (SSSR count). The van der Waals surface area contributed by atoms with Gasteiger partial charge < -0.3 is 19.0 Å². The van der Waals surface area contributed by atoms with Crippen molar-refractivity contribution in [2.24, 2.45) is 0 Å². The van der Waals surface area contributed by atoms with Gasteiger partial charge in [0, 0.05) is 6.07 Å². The Morgan fingerprint density at radius 3 is 1.62 bits per heavy atom. The zero-order valence-electron chi connectivity index (χ0n) is 13.5. The van der Waals surface area contributed by atoms with Gasteiger partial charge in [-0.15, -0.1) is 0 Å². The van der Waals surface area contributed by atoms with Crippen molar-refractivity contribution < 1.29 is 28.6 Å². The second-order valence-corrected chi connectivity index (χ2v) is 5.31. The van der Waals surface area contributed by atoms with E-state index in [2.05, 4.69) is 0 Å². The van der Waals surface area contributed by atoms with Crippen LogP contribution in [0.4, 0.5) is 0 Å². The van der Waals surface area contributed by atoms with Gasteiger partial charge in [-0.1, -0.05) is 0 Å². The second kappa shape index (κ2) is 7.40. The van der Waals surface area contributed by atoms with Crippen LogP contribution in [0.5, 0.6) is 11.5 Å². The second-order valence-electron chi connectivity index (χ2n) is 5.31. The van der Waals surface area contributed by atoms with Gasteiger partial charge in [-0.05, 0) is 54.6 Å². The fourth-order valence-corrected chi connectivity index (χ4v) is 2.24. The Labute approximate surface area is 148 Å². The number of allylic oxidation sites excluding steroid dienone is 2. The van der Waals surface area contributed by atoms with E-state index in [-0.39, 0.29) is 11.1 Å². The molecule has 0 saturated carbocycles. The molecule has 130 valence electrons. The number of ketones is 2. The summed E-state index contributed by atoms with van der Waals surface area (Å²) in [7, 11) is 0. The van der Waals surface area contributed by atoms with E-state index < -0.39 is 23.1 Å². The van der Waals surface area contributed by atoms with Crippen molar-refractivity contribution in [3.05, 3.63) is 83.7 Å². The highest BCUT2D eigenvalue weighted by Gasteiger charge is 2.17. The summed E-state index contributed by atoms with van der Waals surface area (Å²) in [6.07, 6.45) is 8.21. The summed E-state index contributed by atoms with van der Waals surface area (Å²) in [4.78, 5) is 24.6. The Bertz CT molecular complexity index is 898. The lowest BCUT2D eigenvalue weighted by atomic mass is 10.0. The van der Waals surface area contributed by atoms with Crippen molar-refractivity contribution in [3.63, 3.8) is 0 Å². The molecule has 0 aliphatic carbocycles. The van der Waals surface area contributed by atoms with E-state index in [0.717, 1.165) is 12.1 Å². The summed E-state index contributed by atoms with van der Waals surface area (Å²) >= 11 is 0. The average molecular weight is 350 g/mol. The SMILES string of the molecule is O=C(C=Cc1ccco1)c1cc(C(=O)C=Cc2ccco2)c(O)cc1O. The number of hydrogen-bond acceptors (Lipinski definition) is 6. The van der Waals surface area contributed by atoms with Crippen LogP contribution in [-0.2, 0) is 0 Å². The van der Waals surface area contributed by atoms with E-state index in [4.69, 9.17) is 8.83 Å². The van der Waals surface area contributed by atoms with E-state index in [1.807, 2.05) is 0 Å². The molecule has 0 radical (unpaired) electrons. The summed E-state index contributed by atoms with van der Waals surface area (Å²) in [6, 6.07) is 8.77. The third-order valence-electron chi connectivity index (χ3n) is 3.53. The van der Waals surface area contributed by atoms with Crippen molar-refractivity contribution in [3.8, 4) is 11.5 Å². The van der Waals surface area contributed by atoms with E-state index in [9.17, 15) is 19.8 Å². The molecule has 0 aliphatic heterocycles. The summed E-state index contributed by atoms with van der Waals surface area (Å²) in [5.41, 5.74) is -0.222. The van der Waals surface area contributed by atoms with Crippen LogP contribution in [0.15, 0.2) is 69.9 Å². The zero-order chi connectivity index (χ0) is 18.5. The van der Waals surface area contributed by atoms with Crippen molar-refractivity contribution >= 4 is 23.7 Å². The molecule has 1 aromatic carbocycles. The summed E-state index contributed by atoms with van der Waals surface area (Å²) < 4.78 is 10.2. The molecule has 0 aliphatic rings. The highest BCUT2D eigenvalue weighted by Crippen LogP contribution is 2.29. The van der Waals surface area contributed by atoms with E-state index in [0.29, 0.717) is 11.5 Å². The number of aromatic hydroxyl groups is 2. The molecule has 3 aromatic rings. The fraction of sp³-hybridized carbons (Fsp3) is 0. The highest BCUT2D eigenvalue weighted by molar-refractivity contribution is 6.13. The number of hydrogen-bond donors (Lipinski definition) is 2. The van der Waals surface area contributed by atoms with Gasteiger partial charge in [0.2, 0.25) is 0 Å². The fourth-order valence-electron chi connectivity index (χ4n) is 2.24. The minimum atomic E-state index is -0.539. The molecular weight excluding hydrogens is 336 g/mol. The van der Waals surface area contributed by atoms with Gasteiger partial charge in [0.25, 0.3) is 0 Å². The Morgan fingerprint density at radius 1 is 0.769 bits per heavy atom. The first-order valence-electron chi connectivity index (χ1n) is 7.62. The average Bonchev–Trinajstić information content (AvgIpc) is 3.31. The van der Waals surface area contributed by atoms with Gasteiger partial charge >= 0.3 is 0 Å². The number of phenolic OH excluding ortho intramolecular Hbond substituents is 2. The van der Waals surface area contributed by atoms with Crippen LogP contribution in [0.25, 0.3) is 12.2 Å². The minimum absolute atomic E-state index is 0.111. The van der Waals surface area contributed by atoms with Crippen molar-refractivity contribution in [1.29, 1.82) is 0 Å². The maximum Gasteiger partial charge on any atom is 0.189 e. The van der Waals surface area contributed by atoms with Gasteiger partial charge in [-0.3, -0.25) is 9.59 Å². The summed E-state index contributed by atoms with van der Waals surface area (Å²) in [5.74, 6) is -0.999. The maximum atomic E-state index is 12.3. The van der Waals surface area contributed by atoms with Crippen LogP contribution >= 0.6 is 0 Å². The molecule has 26 heavy (non-hydrogen) atoms. The van der Waals surface area contributed by atoms with Gasteiger partial charge in [-0.2, -0.15) is 0 Å². The first-order valence-corrected chi connectivity index (χ1v) is 7.62. The molecule has 6 heteroatoms. The van der Waals surface area contributed by atoms with Gasteiger partial charge in [-0.25, -0.2) is 0 Å². The number of carbonyl (C=O) groups is 2. The third kappa shape index (κ3) is 3.81. The largest absolute Gasteiger partial charge is 0.507 e. The summed E-state index contributed by atoms with van der Waals surface area (Å²) in [6.45, 7) is 0. The third-order valence-corrected chi connectivity index (χ3v) is 3.53. The smallest absolute Gasteiger partial charge is 0.189 e. The predicted octanol–water partition coefficient (Wildman–Crippen LogP) is 4.08. The van der Waals surface area contributed by atoms with Crippen LogP contribution in [0, 0.1) is 0 Å². The zero-order valence-corrected chi connectivity index (χ0v) is 13.5. The van der Waals surface area contributed by atoms with E-state index in [1.165, 1.54) is 36.8 Å². The molecule has 0 atom stereocenters. The van der Waals surface area contributed by atoms with Crippen molar-refractivity contribution in [2.45, 2.75) is 0 Å². The molecule has 0 fully saturated rings. The van der Waals surface area contributed by atoms with Crippen LogP contribution in [0.1, 0.15) is 32.2 Å². The van der Waals surface area contributed by atoms with Crippen LogP contribution in [-0.4, -0.2) is 21.8 Å². The molecule has 6 nitrogen and oxygen atoms in total. The Hall–Kier alpha value is -3.80. The molecule has 2 aromatic heterocycles. The molecular formula is C20H14O6. The molecule has 0 spiro atoms. The predicted molar refractivity (Wildman–Crippen MR) is 93.9 cm³/mol. The quantitative estimate of drug-likeness (QED) is 0.513. The number of rotatable bonds is 6. The maximum absolute atomic E-state index is 12.3. The molecule has 0 saturated heterocycles.